The molecular formula is C11H20N4O2. The molecule has 0 amide bonds. The molecule has 0 fully saturated rings. The molecule has 96 valence electrons. The Kier molecular flexibility index (Phi) is 4.96. The first-order chi connectivity index (χ1) is 8.10. The number of aliphatic hydroxyl groups excluding tert-OH is 1. The van der Waals surface area contributed by atoms with Crippen molar-refractivity contribution >= 4 is 11.5 Å². The van der Waals surface area contributed by atoms with Gasteiger partial charge >= 0.3 is 0 Å². The average molecular weight is 240 g/mol. The van der Waals surface area contributed by atoms with Crippen molar-refractivity contribution in [2.24, 2.45) is 5.92 Å². The lowest BCUT2D eigenvalue weighted by molar-refractivity contribution is 0.114. The molecule has 0 saturated carbocycles. The molecule has 0 radical (unpaired) electrons. The molecule has 5 N–H and O–H groups in total. The summed E-state index contributed by atoms with van der Waals surface area (Å²) in [5.41, 5.74) is 5.23. The number of rotatable bonds is 6. The van der Waals surface area contributed by atoms with Gasteiger partial charge in [0, 0.05) is 6.54 Å². The van der Waals surface area contributed by atoms with Crippen molar-refractivity contribution in [1.29, 1.82) is 0 Å². The van der Waals surface area contributed by atoms with Gasteiger partial charge in [0.15, 0.2) is 5.82 Å². The van der Waals surface area contributed by atoms with Crippen molar-refractivity contribution in [2.75, 3.05) is 17.6 Å². The van der Waals surface area contributed by atoms with Crippen molar-refractivity contribution in [3.8, 4) is 0 Å². The van der Waals surface area contributed by atoms with E-state index in [2.05, 4.69) is 15.3 Å². The second kappa shape index (κ2) is 6.24. The number of anilines is 2. The first-order valence-corrected chi connectivity index (χ1v) is 5.85. The summed E-state index contributed by atoms with van der Waals surface area (Å²) in [4.78, 5) is 17.5. The lowest BCUT2D eigenvalue weighted by atomic mass is 9.96. The van der Waals surface area contributed by atoms with Crippen LogP contribution >= 0.6 is 0 Å². The van der Waals surface area contributed by atoms with E-state index in [0.717, 1.165) is 12.8 Å². The van der Waals surface area contributed by atoms with E-state index in [4.69, 9.17) is 5.73 Å². The highest BCUT2D eigenvalue weighted by molar-refractivity contribution is 5.58. The van der Waals surface area contributed by atoms with Gasteiger partial charge in [-0.05, 0) is 5.92 Å². The van der Waals surface area contributed by atoms with Crippen LogP contribution in [0.15, 0.2) is 11.1 Å². The van der Waals surface area contributed by atoms with E-state index in [-0.39, 0.29) is 17.2 Å². The minimum absolute atomic E-state index is 0.0456. The van der Waals surface area contributed by atoms with Crippen molar-refractivity contribution in [3.63, 3.8) is 0 Å². The van der Waals surface area contributed by atoms with Crippen LogP contribution in [0.4, 0.5) is 11.5 Å². The molecule has 0 aromatic carbocycles. The Hall–Kier alpha value is -1.56. The SMILES string of the molecule is CCC(CC)C(O)CNc1nc[nH]c(=O)c1N. The number of hydrogen-bond acceptors (Lipinski definition) is 5. The predicted octanol–water partition coefficient (Wildman–Crippen LogP) is 0.561. The summed E-state index contributed by atoms with van der Waals surface area (Å²) in [6.45, 7) is 4.42. The normalized spacial score (nSPS) is 12.7. The zero-order chi connectivity index (χ0) is 12.8. The lowest BCUT2D eigenvalue weighted by Crippen LogP contribution is -2.29. The Labute approximate surface area is 100 Å². The van der Waals surface area contributed by atoms with Gasteiger partial charge in [-0.25, -0.2) is 4.98 Å². The van der Waals surface area contributed by atoms with E-state index >= 15 is 0 Å². The Morgan fingerprint density at radius 2 is 2.18 bits per heavy atom. The van der Waals surface area contributed by atoms with Crippen molar-refractivity contribution in [3.05, 3.63) is 16.7 Å². The molecule has 1 aromatic heterocycles. The number of hydrogen-bond donors (Lipinski definition) is 4. The van der Waals surface area contributed by atoms with E-state index in [1.54, 1.807) is 0 Å². The summed E-state index contributed by atoms with van der Waals surface area (Å²) in [6, 6.07) is 0. The molecule has 1 rings (SSSR count). The molecule has 1 heterocycles. The fraction of sp³-hybridized carbons (Fsp3) is 0.636. The first-order valence-electron chi connectivity index (χ1n) is 5.85. The Balaban J connectivity index is 2.61. The van der Waals surface area contributed by atoms with Gasteiger partial charge < -0.3 is 21.1 Å². The molecule has 0 aliphatic heterocycles. The summed E-state index contributed by atoms with van der Waals surface area (Å²) in [5.74, 6) is 0.560. The highest BCUT2D eigenvalue weighted by atomic mass is 16.3. The van der Waals surface area contributed by atoms with E-state index in [1.165, 1.54) is 6.33 Å². The lowest BCUT2D eigenvalue weighted by Gasteiger charge is -2.20. The van der Waals surface area contributed by atoms with Crippen LogP contribution in [0.3, 0.4) is 0 Å². The van der Waals surface area contributed by atoms with Crippen LogP contribution in [0.2, 0.25) is 0 Å². The molecule has 0 bridgehead atoms. The van der Waals surface area contributed by atoms with E-state index < -0.39 is 6.10 Å². The van der Waals surface area contributed by atoms with E-state index in [9.17, 15) is 9.90 Å². The van der Waals surface area contributed by atoms with Gasteiger partial charge in [-0.1, -0.05) is 26.7 Å². The number of nitrogens with two attached hydrogens (primary N) is 1. The van der Waals surface area contributed by atoms with Crippen LogP contribution in [0, 0.1) is 5.92 Å². The standard InChI is InChI=1S/C11H20N4O2/c1-3-7(4-2)8(16)5-13-10-9(12)11(17)15-6-14-10/h6-8,16H,3-5,12H2,1-2H3,(H2,13,14,15,17). The number of aromatic amines is 1. The number of aromatic nitrogens is 2. The third-order valence-corrected chi connectivity index (χ3v) is 2.96. The van der Waals surface area contributed by atoms with Gasteiger partial charge in [0.05, 0.1) is 12.4 Å². The Bertz CT molecular complexity index is 401. The van der Waals surface area contributed by atoms with Gasteiger partial charge in [0.2, 0.25) is 0 Å². The van der Waals surface area contributed by atoms with Crippen LogP contribution in [0.25, 0.3) is 0 Å². The average Bonchev–Trinajstić information content (AvgIpc) is 2.32. The summed E-state index contributed by atoms with van der Waals surface area (Å²) < 4.78 is 0. The fourth-order valence-electron chi connectivity index (χ4n) is 1.75. The number of aliphatic hydroxyl groups is 1. The van der Waals surface area contributed by atoms with Crippen molar-refractivity contribution < 1.29 is 5.11 Å². The topological polar surface area (TPSA) is 104 Å². The minimum Gasteiger partial charge on any atom is -0.391 e. The van der Waals surface area contributed by atoms with Crippen LogP contribution < -0.4 is 16.6 Å². The summed E-state index contributed by atoms with van der Waals surface area (Å²) in [5, 5.41) is 12.8. The third kappa shape index (κ3) is 3.45. The number of nitrogen functional groups attached to an aromatic ring is 1. The molecule has 0 aliphatic carbocycles. The fourth-order valence-corrected chi connectivity index (χ4v) is 1.75. The number of H-pyrrole nitrogens is 1. The van der Waals surface area contributed by atoms with Gasteiger partial charge in [-0.2, -0.15) is 0 Å². The van der Waals surface area contributed by atoms with Crippen LogP contribution in [-0.2, 0) is 0 Å². The summed E-state index contributed by atoms with van der Waals surface area (Å²) >= 11 is 0. The summed E-state index contributed by atoms with van der Waals surface area (Å²) in [6.07, 6.45) is 2.64. The van der Waals surface area contributed by atoms with Crippen LogP contribution in [0.5, 0.6) is 0 Å². The minimum atomic E-state index is -0.467. The predicted molar refractivity (Wildman–Crippen MR) is 67.8 cm³/mol. The van der Waals surface area contributed by atoms with Crippen molar-refractivity contribution in [1.82, 2.24) is 9.97 Å². The highest BCUT2D eigenvalue weighted by Crippen LogP contribution is 2.14. The van der Waals surface area contributed by atoms with Gasteiger partial charge in [-0.3, -0.25) is 4.79 Å². The molecule has 1 atom stereocenters. The van der Waals surface area contributed by atoms with Gasteiger partial charge in [-0.15, -0.1) is 0 Å². The maximum absolute atomic E-state index is 11.2. The molecule has 17 heavy (non-hydrogen) atoms. The molecule has 6 nitrogen and oxygen atoms in total. The quantitative estimate of drug-likeness (QED) is 0.581. The molecule has 0 spiro atoms. The Morgan fingerprint density at radius 1 is 1.53 bits per heavy atom. The van der Waals surface area contributed by atoms with Crippen molar-refractivity contribution in [2.45, 2.75) is 32.8 Å². The van der Waals surface area contributed by atoms with Gasteiger partial charge in [0.25, 0.3) is 5.56 Å². The van der Waals surface area contributed by atoms with Crippen LogP contribution in [0.1, 0.15) is 26.7 Å². The monoisotopic (exact) mass is 240 g/mol. The zero-order valence-corrected chi connectivity index (χ0v) is 10.2. The first kappa shape index (κ1) is 13.5. The second-order valence-corrected chi connectivity index (χ2v) is 4.02. The summed E-state index contributed by atoms with van der Waals surface area (Å²) in [7, 11) is 0. The number of nitrogens with one attached hydrogen (secondary N) is 2. The molecule has 1 aromatic rings. The molecule has 0 aliphatic rings. The highest BCUT2D eigenvalue weighted by Gasteiger charge is 2.15. The van der Waals surface area contributed by atoms with Crippen LogP contribution in [-0.4, -0.2) is 27.7 Å². The molecule has 1 unspecified atom stereocenters. The Morgan fingerprint density at radius 3 is 2.76 bits per heavy atom. The largest absolute Gasteiger partial charge is 0.391 e. The molecule has 0 saturated heterocycles. The van der Waals surface area contributed by atoms with E-state index in [0.29, 0.717) is 12.4 Å². The number of nitrogens with zero attached hydrogens (tertiary/aromatic N) is 1. The molecular weight excluding hydrogens is 220 g/mol. The maximum Gasteiger partial charge on any atom is 0.276 e. The maximum atomic E-state index is 11.2. The smallest absolute Gasteiger partial charge is 0.276 e. The second-order valence-electron chi connectivity index (χ2n) is 4.02. The zero-order valence-electron chi connectivity index (χ0n) is 10.2. The van der Waals surface area contributed by atoms with E-state index in [1.807, 2.05) is 13.8 Å². The molecule has 6 heteroatoms. The van der Waals surface area contributed by atoms with Gasteiger partial charge in [0.1, 0.15) is 5.69 Å². The third-order valence-electron chi connectivity index (χ3n) is 2.96.